The van der Waals surface area contributed by atoms with Crippen LogP contribution in [0.1, 0.15) is 23.1 Å². The monoisotopic (exact) mass is 509 g/mol. The first-order valence-electron chi connectivity index (χ1n) is 10.5. The number of carbonyl (C=O) groups excluding carboxylic acids is 2. The fraction of sp³-hybridized carbons (Fsp3) is 0.217. The average Bonchev–Trinajstić information content (AvgIpc) is 3.44. The molecule has 0 saturated carbocycles. The van der Waals surface area contributed by atoms with Crippen molar-refractivity contribution in [3.63, 3.8) is 0 Å². The third kappa shape index (κ3) is 5.56. The van der Waals surface area contributed by atoms with Crippen LogP contribution in [0.25, 0.3) is 17.6 Å². The maximum atomic E-state index is 13.1. The summed E-state index contributed by atoms with van der Waals surface area (Å²) in [5.41, 5.74) is -2.66. The van der Waals surface area contributed by atoms with E-state index in [1.54, 1.807) is 24.3 Å². The molecular formula is C23H17F6N5O2. The molecule has 1 aromatic heterocycles. The second kappa shape index (κ2) is 9.47. The number of benzene rings is 2. The van der Waals surface area contributed by atoms with Crippen molar-refractivity contribution in [1.29, 1.82) is 0 Å². The molecule has 4 rings (SSSR count). The van der Waals surface area contributed by atoms with Crippen molar-refractivity contribution in [2.24, 2.45) is 0 Å². The fourth-order valence-corrected chi connectivity index (χ4v) is 3.53. The summed E-state index contributed by atoms with van der Waals surface area (Å²) in [5.74, 6) is -1.20. The van der Waals surface area contributed by atoms with Gasteiger partial charge in [0.15, 0.2) is 5.82 Å². The summed E-state index contributed by atoms with van der Waals surface area (Å²) in [6.45, 7) is 0.339. The van der Waals surface area contributed by atoms with Gasteiger partial charge in [-0.3, -0.25) is 9.59 Å². The summed E-state index contributed by atoms with van der Waals surface area (Å²) in [4.78, 5) is 28.7. The molecule has 188 valence electrons. The Morgan fingerprint density at radius 2 is 1.61 bits per heavy atom. The van der Waals surface area contributed by atoms with Crippen LogP contribution in [-0.4, -0.2) is 43.1 Å². The number of aromatic nitrogens is 3. The molecule has 0 aliphatic carbocycles. The van der Waals surface area contributed by atoms with Crippen LogP contribution in [0.2, 0.25) is 0 Å². The number of amides is 2. The number of hydrogen-bond acceptors (Lipinski definition) is 4. The van der Waals surface area contributed by atoms with Gasteiger partial charge in [0, 0.05) is 24.3 Å². The van der Waals surface area contributed by atoms with Crippen molar-refractivity contribution in [2.75, 3.05) is 6.54 Å². The standard InChI is InChI=1S/C23H17F6N5O2/c24-22(25,26)17-10-16(11-18(12-17)23(27,28)29)21-30-14-32(31-21)8-6-19(35)33-9-7-20(36)34(33)13-15-4-2-1-3-5-15/h1-6,8,10-12,14H,7,9,13H2. The van der Waals surface area contributed by atoms with E-state index < -0.39 is 40.8 Å². The highest BCUT2D eigenvalue weighted by atomic mass is 19.4. The molecule has 0 spiro atoms. The number of halogens is 6. The summed E-state index contributed by atoms with van der Waals surface area (Å²) in [6.07, 6.45) is -6.64. The van der Waals surface area contributed by atoms with Gasteiger partial charge in [0.05, 0.1) is 24.2 Å². The number of hydrazine groups is 1. The summed E-state index contributed by atoms with van der Waals surface area (Å²) in [6, 6.07) is 10.1. The molecule has 0 N–H and O–H groups in total. The van der Waals surface area contributed by atoms with Crippen molar-refractivity contribution < 1.29 is 35.9 Å². The van der Waals surface area contributed by atoms with Gasteiger partial charge in [-0.25, -0.2) is 19.7 Å². The van der Waals surface area contributed by atoms with E-state index in [-0.39, 0.29) is 31.5 Å². The molecule has 2 aromatic carbocycles. The first-order chi connectivity index (χ1) is 16.9. The van der Waals surface area contributed by atoms with Gasteiger partial charge in [-0.05, 0) is 23.8 Å². The second-order valence-corrected chi connectivity index (χ2v) is 7.81. The van der Waals surface area contributed by atoms with E-state index in [0.717, 1.165) is 28.8 Å². The molecule has 1 saturated heterocycles. The van der Waals surface area contributed by atoms with Crippen LogP contribution >= 0.6 is 0 Å². The second-order valence-electron chi connectivity index (χ2n) is 7.81. The summed E-state index contributed by atoms with van der Waals surface area (Å²) in [7, 11) is 0. The van der Waals surface area contributed by atoms with Crippen LogP contribution in [0.3, 0.4) is 0 Å². The highest BCUT2D eigenvalue weighted by molar-refractivity contribution is 5.93. The first kappa shape index (κ1) is 24.9. The van der Waals surface area contributed by atoms with Crippen LogP contribution in [0.4, 0.5) is 26.3 Å². The lowest BCUT2D eigenvalue weighted by Crippen LogP contribution is -2.41. The van der Waals surface area contributed by atoms with Crippen LogP contribution in [0.5, 0.6) is 0 Å². The van der Waals surface area contributed by atoms with Gasteiger partial charge in [0.1, 0.15) is 6.33 Å². The Bertz CT molecular complexity index is 1270. The molecule has 1 aliphatic rings. The zero-order valence-electron chi connectivity index (χ0n) is 18.3. The number of rotatable bonds is 5. The highest BCUT2D eigenvalue weighted by Crippen LogP contribution is 2.38. The van der Waals surface area contributed by atoms with Gasteiger partial charge < -0.3 is 0 Å². The summed E-state index contributed by atoms with van der Waals surface area (Å²) >= 11 is 0. The number of carbonyl (C=O) groups is 2. The van der Waals surface area contributed by atoms with Gasteiger partial charge in [-0.15, -0.1) is 5.10 Å². The van der Waals surface area contributed by atoms with Crippen molar-refractivity contribution in [3.05, 3.63) is 77.6 Å². The van der Waals surface area contributed by atoms with Crippen molar-refractivity contribution in [1.82, 2.24) is 24.8 Å². The van der Waals surface area contributed by atoms with Crippen molar-refractivity contribution in [2.45, 2.75) is 25.3 Å². The molecule has 1 fully saturated rings. The highest BCUT2D eigenvalue weighted by Gasteiger charge is 2.37. The van der Waals surface area contributed by atoms with Gasteiger partial charge in [-0.2, -0.15) is 26.3 Å². The molecule has 0 unspecified atom stereocenters. The molecule has 0 atom stereocenters. The quantitative estimate of drug-likeness (QED) is 0.372. The third-order valence-electron chi connectivity index (χ3n) is 5.27. The van der Waals surface area contributed by atoms with E-state index in [1.165, 1.54) is 10.0 Å². The van der Waals surface area contributed by atoms with Crippen LogP contribution in [0.15, 0.2) is 60.9 Å². The number of alkyl halides is 6. The van der Waals surface area contributed by atoms with E-state index >= 15 is 0 Å². The topological polar surface area (TPSA) is 71.3 Å². The molecule has 3 aromatic rings. The van der Waals surface area contributed by atoms with E-state index in [1.807, 2.05) is 6.07 Å². The first-order valence-corrected chi connectivity index (χ1v) is 10.5. The molecule has 0 bridgehead atoms. The van der Waals surface area contributed by atoms with Crippen molar-refractivity contribution >= 4 is 18.0 Å². The minimum absolute atomic E-state index is 0.0115. The predicted molar refractivity (Wildman–Crippen MR) is 114 cm³/mol. The van der Waals surface area contributed by atoms with Crippen molar-refractivity contribution in [3.8, 4) is 11.4 Å². The predicted octanol–water partition coefficient (Wildman–Crippen LogP) is 4.63. The number of hydrogen-bond donors (Lipinski definition) is 0. The lowest BCUT2D eigenvalue weighted by molar-refractivity contribution is -0.151. The molecule has 2 heterocycles. The minimum atomic E-state index is -5.01. The van der Waals surface area contributed by atoms with Gasteiger partial charge >= 0.3 is 12.4 Å². The lowest BCUT2D eigenvalue weighted by atomic mass is 10.0. The lowest BCUT2D eigenvalue weighted by Gasteiger charge is -2.27. The Kier molecular flexibility index (Phi) is 6.57. The van der Waals surface area contributed by atoms with E-state index in [2.05, 4.69) is 10.1 Å². The maximum absolute atomic E-state index is 13.1. The van der Waals surface area contributed by atoms with E-state index in [9.17, 15) is 35.9 Å². The van der Waals surface area contributed by atoms with Gasteiger partial charge in [0.25, 0.3) is 5.91 Å². The molecule has 7 nitrogen and oxygen atoms in total. The average molecular weight is 509 g/mol. The molecule has 36 heavy (non-hydrogen) atoms. The zero-order valence-corrected chi connectivity index (χ0v) is 18.3. The van der Waals surface area contributed by atoms with E-state index in [0.29, 0.717) is 12.1 Å². The maximum Gasteiger partial charge on any atom is 0.416 e. The number of nitrogens with zero attached hydrogens (tertiary/aromatic N) is 5. The SMILES string of the molecule is O=C(C=Cn1cnc(-c2cc(C(F)(F)F)cc(C(F)(F)F)c2)n1)N1CCC(=O)N1Cc1ccccc1. The Morgan fingerprint density at radius 1 is 0.972 bits per heavy atom. The molecule has 13 heteroatoms. The fourth-order valence-electron chi connectivity index (χ4n) is 3.53. The van der Waals surface area contributed by atoms with Crippen LogP contribution in [0, 0.1) is 0 Å². The van der Waals surface area contributed by atoms with E-state index in [4.69, 9.17) is 0 Å². The van der Waals surface area contributed by atoms with Gasteiger partial charge in [0.2, 0.25) is 5.91 Å². The molecule has 1 aliphatic heterocycles. The Morgan fingerprint density at radius 3 is 2.22 bits per heavy atom. The largest absolute Gasteiger partial charge is 0.416 e. The molecular weight excluding hydrogens is 492 g/mol. The summed E-state index contributed by atoms with van der Waals surface area (Å²) < 4.78 is 79.7. The van der Waals surface area contributed by atoms with Gasteiger partial charge in [-0.1, -0.05) is 30.3 Å². The third-order valence-corrected chi connectivity index (χ3v) is 5.27. The smallest absolute Gasteiger partial charge is 0.273 e. The molecule has 2 amide bonds. The Hall–Kier alpha value is -4.16. The summed E-state index contributed by atoms with van der Waals surface area (Å²) in [5, 5.41) is 6.40. The Labute approximate surface area is 200 Å². The van der Waals surface area contributed by atoms with Crippen LogP contribution < -0.4 is 0 Å². The normalized spacial score (nSPS) is 14.8. The minimum Gasteiger partial charge on any atom is -0.273 e. The zero-order chi connectivity index (χ0) is 26.1. The Balaban J connectivity index is 1.53. The van der Waals surface area contributed by atoms with Crippen LogP contribution in [-0.2, 0) is 28.5 Å². The molecule has 0 radical (unpaired) electrons.